The van der Waals surface area contributed by atoms with Crippen molar-refractivity contribution in [3.05, 3.63) is 72.5 Å². The minimum Gasteiger partial charge on any atom is -0.497 e. The summed E-state index contributed by atoms with van der Waals surface area (Å²) in [6.07, 6.45) is 5.86. The summed E-state index contributed by atoms with van der Waals surface area (Å²) < 4.78 is 13.1. The minimum atomic E-state index is -0.208. The highest BCUT2D eigenvalue weighted by Crippen LogP contribution is 2.25. The van der Waals surface area contributed by atoms with Gasteiger partial charge in [-0.05, 0) is 61.4 Å². The Balaban J connectivity index is 1.25. The number of carbonyl (C=O) groups excluding carboxylic acids is 1. The van der Waals surface area contributed by atoms with Crippen LogP contribution in [-0.4, -0.2) is 38.8 Å². The molecule has 0 saturated heterocycles. The van der Waals surface area contributed by atoms with Crippen molar-refractivity contribution in [3.63, 3.8) is 0 Å². The summed E-state index contributed by atoms with van der Waals surface area (Å²) in [6.45, 7) is 0.729. The molecule has 1 N–H and O–H groups in total. The van der Waals surface area contributed by atoms with Crippen LogP contribution in [0.4, 0.5) is 0 Å². The van der Waals surface area contributed by atoms with Gasteiger partial charge in [0.2, 0.25) is 0 Å². The number of carbonyl (C=O) groups is 1. The van der Waals surface area contributed by atoms with Gasteiger partial charge in [-0.2, -0.15) is 0 Å². The Bertz CT molecular complexity index is 1210. The van der Waals surface area contributed by atoms with Gasteiger partial charge in [0.15, 0.2) is 11.6 Å². The number of pyridine rings is 1. The van der Waals surface area contributed by atoms with Gasteiger partial charge in [0.1, 0.15) is 17.3 Å². The van der Waals surface area contributed by atoms with E-state index in [1.165, 1.54) is 0 Å². The van der Waals surface area contributed by atoms with Crippen molar-refractivity contribution >= 4 is 5.91 Å². The molecule has 0 radical (unpaired) electrons. The molecule has 8 heteroatoms. The third-order valence-electron chi connectivity index (χ3n) is 5.70. The highest BCUT2D eigenvalue weighted by atomic mass is 16.5. The molecule has 1 aliphatic rings. The number of aromatic nitrogens is 4. The lowest BCUT2D eigenvalue weighted by atomic mass is 10.1. The van der Waals surface area contributed by atoms with Gasteiger partial charge >= 0.3 is 0 Å². The van der Waals surface area contributed by atoms with E-state index in [0.29, 0.717) is 11.5 Å². The molecule has 1 aliphatic heterocycles. The molecule has 1 unspecified atom stereocenters. The van der Waals surface area contributed by atoms with Gasteiger partial charge in [0.25, 0.3) is 5.91 Å². The average Bonchev–Trinajstić information content (AvgIpc) is 3.45. The molecule has 4 aromatic rings. The van der Waals surface area contributed by atoms with Gasteiger partial charge < -0.3 is 19.0 Å². The Morgan fingerprint density at radius 3 is 2.75 bits per heavy atom. The van der Waals surface area contributed by atoms with Crippen molar-refractivity contribution in [2.45, 2.75) is 31.8 Å². The zero-order valence-electron chi connectivity index (χ0n) is 17.7. The molecular formula is C24H23N5O3. The fraction of sp³-hybridized carbons (Fsp3) is 0.250. The zero-order valence-corrected chi connectivity index (χ0v) is 17.7. The molecule has 0 fully saturated rings. The van der Waals surface area contributed by atoms with Crippen LogP contribution < -0.4 is 10.1 Å². The van der Waals surface area contributed by atoms with Crippen LogP contribution in [0.3, 0.4) is 0 Å². The summed E-state index contributed by atoms with van der Waals surface area (Å²) in [5.41, 5.74) is 1.83. The Kier molecular flexibility index (Phi) is 5.41. The number of nitrogens with one attached hydrogen (secondary N) is 1. The molecule has 0 aliphatic carbocycles. The molecule has 0 spiro atoms. The van der Waals surface area contributed by atoms with Gasteiger partial charge in [0.05, 0.1) is 7.11 Å². The lowest BCUT2D eigenvalue weighted by molar-refractivity contribution is 0.0905. The second-order valence-electron chi connectivity index (χ2n) is 7.72. The maximum Gasteiger partial charge on any atom is 0.287 e. The van der Waals surface area contributed by atoms with Crippen molar-refractivity contribution in [3.8, 4) is 28.5 Å². The molecule has 8 nitrogen and oxygen atoms in total. The number of ether oxygens (including phenoxy) is 1. The van der Waals surface area contributed by atoms with Crippen LogP contribution >= 0.6 is 0 Å². The van der Waals surface area contributed by atoms with E-state index in [1.807, 2.05) is 42.5 Å². The van der Waals surface area contributed by atoms with E-state index in [-0.39, 0.29) is 11.9 Å². The van der Waals surface area contributed by atoms with Crippen LogP contribution in [0.15, 0.2) is 65.3 Å². The topological polar surface area (TPSA) is 95.1 Å². The Hall–Kier alpha value is -3.94. The number of furan rings is 1. The van der Waals surface area contributed by atoms with E-state index >= 15 is 0 Å². The number of rotatable bonds is 5. The molecular weight excluding hydrogens is 406 g/mol. The quantitative estimate of drug-likeness (QED) is 0.519. The van der Waals surface area contributed by atoms with Crippen LogP contribution in [-0.2, 0) is 13.0 Å². The Morgan fingerprint density at radius 2 is 1.97 bits per heavy atom. The standard InChI is InChI=1S/C24H23N5O3/c1-31-19-7-4-16(5-8-19)20-9-10-21(32-20)24(30)26-18-6-11-22-27-28-23(29(22)14-12-18)17-3-2-13-25-15-17/h2-5,7-10,13,15,18H,6,11-12,14H2,1H3,(H,26,30). The first-order valence-electron chi connectivity index (χ1n) is 10.6. The highest BCUT2D eigenvalue weighted by Gasteiger charge is 2.23. The maximum atomic E-state index is 12.8. The van der Waals surface area contributed by atoms with E-state index in [4.69, 9.17) is 9.15 Å². The largest absolute Gasteiger partial charge is 0.497 e. The van der Waals surface area contributed by atoms with Gasteiger partial charge in [-0.15, -0.1) is 10.2 Å². The number of fused-ring (bicyclic) bond motifs is 1. The van der Waals surface area contributed by atoms with Crippen molar-refractivity contribution in [1.82, 2.24) is 25.1 Å². The molecule has 32 heavy (non-hydrogen) atoms. The molecule has 0 saturated carbocycles. The van der Waals surface area contributed by atoms with Crippen LogP contribution in [0.5, 0.6) is 5.75 Å². The fourth-order valence-corrected chi connectivity index (χ4v) is 3.97. The smallest absolute Gasteiger partial charge is 0.287 e. The molecule has 1 aromatic carbocycles. The van der Waals surface area contributed by atoms with Crippen LogP contribution in [0.25, 0.3) is 22.7 Å². The normalized spacial score (nSPS) is 15.6. The van der Waals surface area contributed by atoms with Crippen LogP contribution in [0.1, 0.15) is 29.2 Å². The molecule has 1 atom stereocenters. The summed E-state index contributed by atoms with van der Waals surface area (Å²) in [5.74, 6) is 3.26. The summed E-state index contributed by atoms with van der Waals surface area (Å²) in [4.78, 5) is 17.0. The summed E-state index contributed by atoms with van der Waals surface area (Å²) in [6, 6.07) is 14.9. The number of aryl methyl sites for hydroxylation is 1. The number of hydrogen-bond acceptors (Lipinski definition) is 6. The van der Waals surface area contributed by atoms with Crippen molar-refractivity contribution < 1.29 is 13.9 Å². The SMILES string of the molecule is COc1ccc(-c2ccc(C(=O)NC3CCc4nnc(-c5cccnc5)n4CC3)o2)cc1. The summed E-state index contributed by atoms with van der Waals surface area (Å²) in [5, 5.41) is 11.8. The number of nitrogens with zero attached hydrogens (tertiary/aromatic N) is 4. The van der Waals surface area contributed by atoms with E-state index in [2.05, 4.69) is 25.1 Å². The molecule has 5 rings (SSSR count). The molecule has 3 aromatic heterocycles. The van der Waals surface area contributed by atoms with Gasteiger partial charge in [-0.25, -0.2) is 0 Å². The summed E-state index contributed by atoms with van der Waals surface area (Å²) in [7, 11) is 1.63. The second kappa shape index (κ2) is 8.66. The number of amides is 1. The van der Waals surface area contributed by atoms with Gasteiger partial charge in [-0.3, -0.25) is 9.78 Å². The first-order chi connectivity index (χ1) is 15.7. The zero-order chi connectivity index (χ0) is 21.9. The predicted molar refractivity (Wildman–Crippen MR) is 118 cm³/mol. The lowest BCUT2D eigenvalue weighted by Gasteiger charge is -2.15. The van der Waals surface area contributed by atoms with E-state index < -0.39 is 0 Å². The first kappa shape index (κ1) is 20.0. The lowest BCUT2D eigenvalue weighted by Crippen LogP contribution is -2.35. The predicted octanol–water partition coefficient (Wildman–Crippen LogP) is 3.74. The van der Waals surface area contributed by atoms with E-state index in [9.17, 15) is 4.79 Å². The van der Waals surface area contributed by atoms with Crippen molar-refractivity contribution in [2.75, 3.05) is 7.11 Å². The third-order valence-corrected chi connectivity index (χ3v) is 5.70. The van der Waals surface area contributed by atoms with Gasteiger partial charge in [-0.1, -0.05) is 0 Å². The van der Waals surface area contributed by atoms with Gasteiger partial charge in [0, 0.05) is 42.5 Å². The van der Waals surface area contributed by atoms with E-state index in [0.717, 1.165) is 54.3 Å². The first-order valence-corrected chi connectivity index (χ1v) is 10.6. The third kappa shape index (κ3) is 3.99. The molecule has 162 valence electrons. The van der Waals surface area contributed by atoms with E-state index in [1.54, 1.807) is 25.6 Å². The highest BCUT2D eigenvalue weighted by molar-refractivity contribution is 5.92. The average molecular weight is 429 g/mol. The van der Waals surface area contributed by atoms with Crippen molar-refractivity contribution in [1.29, 1.82) is 0 Å². The molecule has 0 bridgehead atoms. The molecule has 1 amide bonds. The fourth-order valence-electron chi connectivity index (χ4n) is 3.97. The van der Waals surface area contributed by atoms with Crippen molar-refractivity contribution in [2.24, 2.45) is 0 Å². The number of hydrogen-bond donors (Lipinski definition) is 1. The minimum absolute atomic E-state index is 0.0282. The van der Waals surface area contributed by atoms with Crippen LogP contribution in [0, 0.1) is 0 Å². The van der Waals surface area contributed by atoms with Crippen LogP contribution in [0.2, 0.25) is 0 Å². The Morgan fingerprint density at radius 1 is 1.09 bits per heavy atom. The monoisotopic (exact) mass is 429 g/mol. The Labute approximate surface area is 185 Å². The molecule has 4 heterocycles. The number of methoxy groups -OCH3 is 1. The second-order valence-corrected chi connectivity index (χ2v) is 7.72. The number of benzene rings is 1. The maximum absolute atomic E-state index is 12.8. The summed E-state index contributed by atoms with van der Waals surface area (Å²) >= 11 is 0.